The molecular weight excluding hydrogens is 286 g/mol. The van der Waals surface area contributed by atoms with Gasteiger partial charge in [-0.25, -0.2) is 0 Å². The smallest absolute Gasteiger partial charge is 0.231 e. The third-order valence-corrected chi connectivity index (χ3v) is 4.20. The fourth-order valence-electron chi connectivity index (χ4n) is 2.45. The van der Waals surface area contributed by atoms with Gasteiger partial charge in [0.2, 0.25) is 6.79 Å². The molecule has 0 bridgehead atoms. The summed E-state index contributed by atoms with van der Waals surface area (Å²) in [5.74, 6) is 1.44. The Morgan fingerprint density at radius 3 is 2.38 bits per heavy atom. The van der Waals surface area contributed by atoms with Crippen LogP contribution in [0.5, 0.6) is 11.5 Å². The van der Waals surface area contributed by atoms with Gasteiger partial charge in [-0.2, -0.15) is 0 Å². The Labute approximate surface area is 129 Å². The van der Waals surface area contributed by atoms with E-state index in [1.165, 1.54) is 22.3 Å². The van der Waals surface area contributed by atoms with E-state index < -0.39 is 0 Å². The van der Waals surface area contributed by atoms with Gasteiger partial charge in [-0.1, -0.05) is 23.7 Å². The highest BCUT2D eigenvalue weighted by atomic mass is 35.5. The summed E-state index contributed by atoms with van der Waals surface area (Å²) >= 11 is 6.27. The molecule has 3 nitrogen and oxygen atoms in total. The van der Waals surface area contributed by atoms with Crippen molar-refractivity contribution in [3.8, 4) is 11.5 Å². The predicted molar refractivity (Wildman–Crippen MR) is 85.6 cm³/mol. The molecule has 1 N–H and O–H groups in total. The highest BCUT2D eigenvalue weighted by Crippen LogP contribution is 2.39. The number of ether oxygens (including phenoxy) is 2. The normalized spacial score (nSPS) is 12.6. The van der Waals surface area contributed by atoms with E-state index in [2.05, 4.69) is 38.2 Å². The molecule has 0 aliphatic carbocycles. The number of aryl methyl sites for hydroxylation is 3. The second kappa shape index (κ2) is 5.49. The topological polar surface area (TPSA) is 30.5 Å². The van der Waals surface area contributed by atoms with E-state index in [4.69, 9.17) is 21.1 Å². The first-order valence-electron chi connectivity index (χ1n) is 6.94. The quantitative estimate of drug-likeness (QED) is 0.898. The molecule has 1 aliphatic heterocycles. The maximum Gasteiger partial charge on any atom is 0.231 e. The maximum absolute atomic E-state index is 6.27. The van der Waals surface area contributed by atoms with Crippen LogP contribution in [-0.2, 0) is 6.54 Å². The molecule has 3 rings (SSSR count). The number of hydrogen-bond donors (Lipinski definition) is 1. The van der Waals surface area contributed by atoms with Crippen LogP contribution in [0.4, 0.5) is 5.69 Å². The summed E-state index contributed by atoms with van der Waals surface area (Å²) in [7, 11) is 0. The summed E-state index contributed by atoms with van der Waals surface area (Å²) in [5.41, 5.74) is 6.03. The zero-order valence-electron chi connectivity index (χ0n) is 12.4. The number of fused-ring (bicyclic) bond motifs is 1. The first kappa shape index (κ1) is 14.1. The number of nitrogens with one attached hydrogen (secondary N) is 1. The van der Waals surface area contributed by atoms with E-state index in [1.54, 1.807) is 6.07 Å². The van der Waals surface area contributed by atoms with Gasteiger partial charge < -0.3 is 14.8 Å². The predicted octanol–water partition coefficient (Wildman–Crippen LogP) is 4.61. The first-order valence-corrected chi connectivity index (χ1v) is 7.32. The van der Waals surface area contributed by atoms with Gasteiger partial charge in [-0.3, -0.25) is 0 Å². The molecule has 1 aliphatic rings. The fraction of sp³-hybridized carbons (Fsp3) is 0.294. The van der Waals surface area contributed by atoms with Gasteiger partial charge in [-0.05, 0) is 43.0 Å². The van der Waals surface area contributed by atoms with Crippen molar-refractivity contribution in [1.82, 2.24) is 0 Å². The second-order valence-electron chi connectivity index (χ2n) is 5.40. The van der Waals surface area contributed by atoms with Crippen molar-refractivity contribution in [3.05, 3.63) is 51.5 Å². The maximum atomic E-state index is 6.27. The molecule has 0 spiro atoms. The van der Waals surface area contributed by atoms with Crippen LogP contribution in [0, 0.1) is 20.8 Å². The van der Waals surface area contributed by atoms with Crippen molar-refractivity contribution in [2.24, 2.45) is 0 Å². The van der Waals surface area contributed by atoms with Crippen LogP contribution < -0.4 is 14.8 Å². The Kier molecular flexibility index (Phi) is 3.68. The lowest BCUT2D eigenvalue weighted by atomic mass is 10.0. The molecule has 0 atom stereocenters. The second-order valence-corrected chi connectivity index (χ2v) is 5.81. The average Bonchev–Trinajstić information content (AvgIpc) is 2.88. The third kappa shape index (κ3) is 2.79. The van der Waals surface area contributed by atoms with Crippen molar-refractivity contribution < 1.29 is 9.47 Å². The molecule has 0 unspecified atom stereocenters. The van der Waals surface area contributed by atoms with Crippen molar-refractivity contribution in [2.75, 3.05) is 12.1 Å². The summed E-state index contributed by atoms with van der Waals surface area (Å²) in [6.07, 6.45) is 0. The summed E-state index contributed by atoms with van der Waals surface area (Å²) < 4.78 is 10.7. The summed E-state index contributed by atoms with van der Waals surface area (Å²) in [4.78, 5) is 0. The zero-order valence-corrected chi connectivity index (χ0v) is 13.2. The van der Waals surface area contributed by atoms with E-state index in [9.17, 15) is 0 Å². The number of rotatable bonds is 3. The molecule has 0 aromatic heterocycles. The lowest BCUT2D eigenvalue weighted by molar-refractivity contribution is 0.174. The Hall–Kier alpha value is -1.87. The van der Waals surface area contributed by atoms with E-state index in [0.29, 0.717) is 10.8 Å². The molecule has 0 radical (unpaired) electrons. The summed E-state index contributed by atoms with van der Waals surface area (Å²) in [5, 5.41) is 4.02. The van der Waals surface area contributed by atoms with E-state index in [0.717, 1.165) is 18.0 Å². The monoisotopic (exact) mass is 303 g/mol. The van der Waals surface area contributed by atoms with Crippen molar-refractivity contribution in [2.45, 2.75) is 27.3 Å². The van der Waals surface area contributed by atoms with Gasteiger partial charge in [0.25, 0.3) is 0 Å². The molecule has 1 heterocycles. The van der Waals surface area contributed by atoms with Crippen LogP contribution in [-0.4, -0.2) is 6.79 Å². The lowest BCUT2D eigenvalue weighted by Crippen LogP contribution is -2.03. The van der Waals surface area contributed by atoms with Gasteiger partial charge in [0.05, 0.1) is 10.7 Å². The molecule has 0 saturated heterocycles. The van der Waals surface area contributed by atoms with Gasteiger partial charge in [0.1, 0.15) is 0 Å². The van der Waals surface area contributed by atoms with Crippen molar-refractivity contribution >= 4 is 17.3 Å². The minimum absolute atomic E-state index is 0.255. The lowest BCUT2D eigenvalue weighted by Gasteiger charge is -2.13. The van der Waals surface area contributed by atoms with Crippen LogP contribution in [0.1, 0.15) is 22.3 Å². The van der Waals surface area contributed by atoms with Gasteiger partial charge in [-0.15, -0.1) is 0 Å². The van der Waals surface area contributed by atoms with Gasteiger partial charge >= 0.3 is 0 Å². The summed E-state index contributed by atoms with van der Waals surface area (Å²) in [6, 6.07) is 8.12. The standard InChI is InChI=1S/C17H18ClNO2/c1-10-4-12(3)13(5-11(10)2)8-19-15-7-17-16(6-14(15)18)20-9-21-17/h4-7,19H,8-9H2,1-3H3. The minimum Gasteiger partial charge on any atom is -0.454 e. The molecule has 4 heteroatoms. The minimum atomic E-state index is 0.255. The van der Waals surface area contributed by atoms with Crippen LogP contribution in [0.15, 0.2) is 24.3 Å². The van der Waals surface area contributed by atoms with Crippen molar-refractivity contribution in [3.63, 3.8) is 0 Å². The number of hydrogen-bond acceptors (Lipinski definition) is 3. The Balaban J connectivity index is 1.81. The molecular formula is C17H18ClNO2. The highest BCUT2D eigenvalue weighted by molar-refractivity contribution is 6.33. The largest absolute Gasteiger partial charge is 0.454 e. The molecule has 0 amide bonds. The average molecular weight is 304 g/mol. The first-order chi connectivity index (χ1) is 10.0. The number of benzene rings is 2. The number of halogens is 1. The highest BCUT2D eigenvalue weighted by Gasteiger charge is 2.16. The van der Waals surface area contributed by atoms with E-state index in [1.807, 2.05) is 6.07 Å². The van der Waals surface area contributed by atoms with Gasteiger partial charge in [0.15, 0.2) is 11.5 Å². The number of anilines is 1. The van der Waals surface area contributed by atoms with Crippen LogP contribution in [0.25, 0.3) is 0 Å². The van der Waals surface area contributed by atoms with Crippen LogP contribution in [0.2, 0.25) is 5.02 Å². The van der Waals surface area contributed by atoms with Gasteiger partial charge in [0, 0.05) is 18.7 Å². The SMILES string of the molecule is Cc1cc(C)c(CNc2cc3c(cc2Cl)OCO3)cc1C. The third-order valence-electron chi connectivity index (χ3n) is 3.88. The van der Waals surface area contributed by atoms with E-state index >= 15 is 0 Å². The molecule has 0 fully saturated rings. The molecule has 110 valence electrons. The fourth-order valence-corrected chi connectivity index (χ4v) is 2.67. The Morgan fingerprint density at radius 1 is 0.952 bits per heavy atom. The molecule has 0 saturated carbocycles. The molecule has 21 heavy (non-hydrogen) atoms. The Bertz CT molecular complexity index is 698. The summed E-state index contributed by atoms with van der Waals surface area (Å²) in [6.45, 7) is 7.38. The zero-order chi connectivity index (χ0) is 15.0. The molecule has 2 aromatic rings. The molecule has 2 aromatic carbocycles. The van der Waals surface area contributed by atoms with Crippen molar-refractivity contribution in [1.29, 1.82) is 0 Å². The Morgan fingerprint density at radius 2 is 1.62 bits per heavy atom. The van der Waals surface area contributed by atoms with Crippen LogP contribution >= 0.6 is 11.6 Å². The van der Waals surface area contributed by atoms with E-state index in [-0.39, 0.29) is 6.79 Å². The van der Waals surface area contributed by atoms with Crippen LogP contribution in [0.3, 0.4) is 0 Å².